The Morgan fingerprint density at radius 1 is 1.26 bits per heavy atom. The summed E-state index contributed by atoms with van der Waals surface area (Å²) in [4.78, 5) is 12.1. The van der Waals surface area contributed by atoms with Gasteiger partial charge in [-0.05, 0) is 38.5 Å². The highest BCUT2D eigenvalue weighted by Crippen LogP contribution is 2.20. The number of aromatic hydroxyl groups is 1. The minimum atomic E-state index is -0.157. The molecule has 0 aliphatic rings. The van der Waals surface area contributed by atoms with Crippen LogP contribution < -0.4 is 5.32 Å². The van der Waals surface area contributed by atoms with E-state index in [0.29, 0.717) is 17.9 Å². The van der Waals surface area contributed by atoms with Crippen molar-refractivity contribution in [3.05, 3.63) is 52.5 Å². The first-order chi connectivity index (χ1) is 8.99. The summed E-state index contributed by atoms with van der Waals surface area (Å²) in [7, 11) is 0. The van der Waals surface area contributed by atoms with Crippen molar-refractivity contribution in [2.45, 2.75) is 27.3 Å². The Labute approximate surface area is 112 Å². The van der Waals surface area contributed by atoms with Crippen LogP contribution in [0.25, 0.3) is 0 Å². The Hall–Kier alpha value is -2.23. The zero-order valence-corrected chi connectivity index (χ0v) is 11.3. The van der Waals surface area contributed by atoms with Gasteiger partial charge in [-0.15, -0.1) is 0 Å². The van der Waals surface area contributed by atoms with E-state index in [4.69, 9.17) is 4.42 Å². The van der Waals surface area contributed by atoms with Gasteiger partial charge in [0.25, 0.3) is 5.91 Å². The lowest BCUT2D eigenvalue weighted by Crippen LogP contribution is -2.23. The molecule has 0 aliphatic heterocycles. The van der Waals surface area contributed by atoms with Crippen LogP contribution in [0.4, 0.5) is 0 Å². The van der Waals surface area contributed by atoms with Gasteiger partial charge in [-0.2, -0.15) is 0 Å². The molecule has 0 aliphatic carbocycles. The van der Waals surface area contributed by atoms with E-state index in [1.807, 2.05) is 19.9 Å². The van der Waals surface area contributed by atoms with Crippen molar-refractivity contribution in [3.63, 3.8) is 0 Å². The molecule has 4 nitrogen and oxygen atoms in total. The number of furan rings is 1. The smallest absolute Gasteiger partial charge is 0.255 e. The van der Waals surface area contributed by atoms with Gasteiger partial charge in [0.1, 0.15) is 17.3 Å². The summed E-state index contributed by atoms with van der Waals surface area (Å²) in [6.45, 7) is 5.86. The lowest BCUT2D eigenvalue weighted by molar-refractivity contribution is 0.0949. The van der Waals surface area contributed by atoms with Crippen molar-refractivity contribution in [1.29, 1.82) is 0 Å². The first-order valence-corrected chi connectivity index (χ1v) is 6.11. The molecule has 0 bridgehead atoms. The number of amides is 1. The molecule has 2 rings (SSSR count). The molecule has 0 unspecified atom stereocenters. The van der Waals surface area contributed by atoms with Gasteiger partial charge in [0, 0.05) is 12.1 Å². The number of aryl methyl sites for hydroxylation is 2. The summed E-state index contributed by atoms with van der Waals surface area (Å²) in [5, 5.41) is 12.2. The fourth-order valence-corrected chi connectivity index (χ4v) is 2.06. The minimum Gasteiger partial charge on any atom is -0.508 e. The Kier molecular flexibility index (Phi) is 3.60. The Balaban J connectivity index is 2.10. The topological polar surface area (TPSA) is 62.5 Å². The second kappa shape index (κ2) is 5.18. The molecular weight excluding hydrogens is 242 g/mol. The maximum absolute atomic E-state index is 12.1. The average molecular weight is 259 g/mol. The molecular formula is C15H17NO3. The van der Waals surface area contributed by atoms with E-state index in [1.165, 1.54) is 0 Å². The van der Waals surface area contributed by atoms with Crippen molar-refractivity contribution in [1.82, 2.24) is 5.32 Å². The van der Waals surface area contributed by atoms with Gasteiger partial charge in [-0.1, -0.05) is 12.1 Å². The molecule has 1 aromatic carbocycles. The lowest BCUT2D eigenvalue weighted by atomic mass is 10.1. The molecule has 1 amide bonds. The number of carbonyl (C=O) groups is 1. The van der Waals surface area contributed by atoms with E-state index >= 15 is 0 Å². The SMILES string of the molecule is Cc1oc(C)c(C(=O)NCc2cccc(O)c2)c1C. The molecule has 2 N–H and O–H groups in total. The first kappa shape index (κ1) is 13.2. The highest BCUT2D eigenvalue weighted by atomic mass is 16.3. The van der Waals surface area contributed by atoms with E-state index < -0.39 is 0 Å². The zero-order valence-electron chi connectivity index (χ0n) is 11.3. The van der Waals surface area contributed by atoms with Crippen molar-refractivity contribution in [2.24, 2.45) is 0 Å². The predicted octanol–water partition coefficient (Wildman–Crippen LogP) is 2.84. The van der Waals surface area contributed by atoms with Crippen LogP contribution in [0.3, 0.4) is 0 Å². The summed E-state index contributed by atoms with van der Waals surface area (Å²) >= 11 is 0. The van der Waals surface area contributed by atoms with Gasteiger partial charge in [0.15, 0.2) is 0 Å². The van der Waals surface area contributed by atoms with Crippen molar-refractivity contribution in [3.8, 4) is 5.75 Å². The normalized spacial score (nSPS) is 10.5. The van der Waals surface area contributed by atoms with E-state index in [0.717, 1.165) is 16.9 Å². The minimum absolute atomic E-state index is 0.157. The van der Waals surface area contributed by atoms with Gasteiger partial charge >= 0.3 is 0 Å². The fourth-order valence-electron chi connectivity index (χ4n) is 2.06. The Bertz CT molecular complexity index is 614. The van der Waals surface area contributed by atoms with Crippen molar-refractivity contribution < 1.29 is 14.3 Å². The second-order valence-electron chi connectivity index (χ2n) is 4.57. The molecule has 4 heteroatoms. The lowest BCUT2D eigenvalue weighted by Gasteiger charge is -2.06. The molecule has 1 aromatic heterocycles. The first-order valence-electron chi connectivity index (χ1n) is 6.11. The van der Waals surface area contributed by atoms with Crippen LogP contribution in [0.1, 0.15) is 33.0 Å². The summed E-state index contributed by atoms with van der Waals surface area (Å²) in [6.07, 6.45) is 0. The predicted molar refractivity (Wildman–Crippen MR) is 72.2 cm³/mol. The summed E-state index contributed by atoms with van der Waals surface area (Å²) in [5.41, 5.74) is 2.31. The van der Waals surface area contributed by atoms with Crippen LogP contribution in [0.15, 0.2) is 28.7 Å². The monoisotopic (exact) mass is 259 g/mol. The number of phenolic OH excluding ortho intramolecular Hbond substituents is 1. The summed E-state index contributed by atoms with van der Waals surface area (Å²) < 4.78 is 5.44. The maximum Gasteiger partial charge on any atom is 0.255 e. The number of benzene rings is 1. The standard InChI is InChI=1S/C15H17NO3/c1-9-10(2)19-11(3)14(9)15(18)16-8-12-5-4-6-13(17)7-12/h4-7,17H,8H2,1-3H3,(H,16,18). The van der Waals surface area contributed by atoms with Crippen molar-refractivity contribution in [2.75, 3.05) is 0 Å². The molecule has 0 atom stereocenters. The van der Waals surface area contributed by atoms with Crippen LogP contribution >= 0.6 is 0 Å². The third-order valence-electron chi connectivity index (χ3n) is 3.15. The highest BCUT2D eigenvalue weighted by molar-refractivity contribution is 5.96. The number of nitrogens with one attached hydrogen (secondary N) is 1. The summed E-state index contributed by atoms with van der Waals surface area (Å²) in [6, 6.07) is 6.81. The van der Waals surface area contributed by atoms with E-state index in [9.17, 15) is 9.90 Å². The number of hydrogen-bond acceptors (Lipinski definition) is 3. The van der Waals surface area contributed by atoms with Crippen LogP contribution in [0.2, 0.25) is 0 Å². The maximum atomic E-state index is 12.1. The molecule has 0 saturated heterocycles. The Morgan fingerprint density at radius 3 is 2.58 bits per heavy atom. The fraction of sp³-hybridized carbons (Fsp3) is 0.267. The highest BCUT2D eigenvalue weighted by Gasteiger charge is 2.17. The van der Waals surface area contributed by atoms with Gasteiger partial charge in [0.2, 0.25) is 0 Å². The molecule has 2 aromatic rings. The summed E-state index contributed by atoms with van der Waals surface area (Å²) in [5.74, 6) is 1.43. The molecule has 19 heavy (non-hydrogen) atoms. The van der Waals surface area contributed by atoms with Crippen LogP contribution in [-0.4, -0.2) is 11.0 Å². The van der Waals surface area contributed by atoms with Gasteiger partial charge in [-0.25, -0.2) is 0 Å². The molecule has 0 radical (unpaired) electrons. The van der Waals surface area contributed by atoms with E-state index in [1.54, 1.807) is 25.1 Å². The van der Waals surface area contributed by atoms with Gasteiger partial charge in [-0.3, -0.25) is 4.79 Å². The molecule has 1 heterocycles. The second-order valence-corrected chi connectivity index (χ2v) is 4.57. The van der Waals surface area contributed by atoms with Crippen LogP contribution in [0, 0.1) is 20.8 Å². The number of rotatable bonds is 3. The molecule has 100 valence electrons. The Morgan fingerprint density at radius 2 is 2.00 bits per heavy atom. The van der Waals surface area contributed by atoms with Gasteiger partial charge in [0.05, 0.1) is 5.56 Å². The molecule has 0 spiro atoms. The number of carbonyl (C=O) groups excluding carboxylic acids is 1. The zero-order chi connectivity index (χ0) is 14.0. The number of phenols is 1. The van der Waals surface area contributed by atoms with E-state index in [2.05, 4.69) is 5.32 Å². The van der Waals surface area contributed by atoms with Crippen molar-refractivity contribution >= 4 is 5.91 Å². The molecule has 0 saturated carbocycles. The largest absolute Gasteiger partial charge is 0.508 e. The average Bonchev–Trinajstić information content (AvgIpc) is 2.61. The third-order valence-corrected chi connectivity index (χ3v) is 3.15. The number of hydrogen-bond donors (Lipinski definition) is 2. The third kappa shape index (κ3) is 2.78. The molecule has 0 fully saturated rings. The van der Waals surface area contributed by atoms with Crippen LogP contribution in [0.5, 0.6) is 5.75 Å². The van der Waals surface area contributed by atoms with Crippen LogP contribution in [-0.2, 0) is 6.54 Å². The quantitative estimate of drug-likeness (QED) is 0.891. The van der Waals surface area contributed by atoms with E-state index in [-0.39, 0.29) is 11.7 Å². The van der Waals surface area contributed by atoms with Gasteiger partial charge < -0.3 is 14.8 Å².